The summed E-state index contributed by atoms with van der Waals surface area (Å²) in [5.74, 6) is 1.20. The molecule has 0 N–H and O–H groups in total. The highest BCUT2D eigenvalue weighted by Crippen LogP contribution is 2.57. The molecule has 0 bridgehead atoms. The minimum absolute atomic E-state index is 0.0196. The molecule has 0 saturated heterocycles. The molecule has 3 rings (SSSR count). The van der Waals surface area contributed by atoms with Crippen molar-refractivity contribution in [2.45, 2.75) is 181 Å². The molecule has 3 aliphatic carbocycles. The van der Waals surface area contributed by atoms with Gasteiger partial charge in [0.25, 0.3) is 0 Å². The zero-order valence-electron chi connectivity index (χ0n) is 33.5. The topological polar surface area (TPSA) is 36.9 Å². The summed E-state index contributed by atoms with van der Waals surface area (Å²) in [6, 6.07) is 0. The highest BCUT2D eigenvalue weighted by Gasteiger charge is 2.47. The summed E-state index contributed by atoms with van der Waals surface area (Å²) < 4.78 is 25.3. The molecule has 5 unspecified atom stereocenters. The molecule has 0 amide bonds. The third-order valence-corrected chi connectivity index (χ3v) is 21.9. The lowest BCUT2D eigenvalue weighted by atomic mass is 9.62. The Morgan fingerprint density at radius 2 is 1.60 bits per heavy atom. The van der Waals surface area contributed by atoms with Crippen LogP contribution < -0.4 is 0 Å². The first kappa shape index (κ1) is 40.7. The molecule has 0 radical (unpaired) electrons. The van der Waals surface area contributed by atoms with Gasteiger partial charge in [0.2, 0.25) is 0 Å². The van der Waals surface area contributed by atoms with E-state index < -0.39 is 16.6 Å². The number of methoxy groups -OCH3 is 1. The Hall–Kier alpha value is -0.766. The standard InChI is InChI=1S/C41H74O4Si2/c1-30(19-17-25-40(9,10)43-29-42-12)35-23-24-36-32(20-18-26-41(35,36)11)21-22-33-27-34(44-46(13,14)38(3,4)5)28-37(31(33)2)45-47(15,16)39(6,7)8/h21-23,30,34,36-37H,2,17-20,24-29H2,1,3-16H3. The molecule has 270 valence electrons. The zero-order valence-corrected chi connectivity index (χ0v) is 35.5. The van der Waals surface area contributed by atoms with Gasteiger partial charge < -0.3 is 18.3 Å². The number of hydrogen-bond acceptors (Lipinski definition) is 4. The number of fused-ring (bicyclic) bond motifs is 1. The molecule has 0 aliphatic heterocycles. The van der Waals surface area contributed by atoms with Crippen molar-refractivity contribution in [3.63, 3.8) is 0 Å². The van der Waals surface area contributed by atoms with E-state index in [1.54, 1.807) is 18.3 Å². The highest BCUT2D eigenvalue weighted by atomic mass is 28.4. The van der Waals surface area contributed by atoms with E-state index >= 15 is 0 Å². The highest BCUT2D eigenvalue weighted by molar-refractivity contribution is 6.74. The van der Waals surface area contributed by atoms with Gasteiger partial charge in [0.15, 0.2) is 16.6 Å². The molecule has 0 aromatic heterocycles. The lowest BCUT2D eigenvalue weighted by Crippen LogP contribution is -2.49. The van der Waals surface area contributed by atoms with E-state index in [9.17, 15) is 0 Å². The Labute approximate surface area is 293 Å². The first-order valence-corrected chi connectivity index (χ1v) is 24.5. The average molecular weight is 687 g/mol. The summed E-state index contributed by atoms with van der Waals surface area (Å²) in [4.78, 5) is 0. The molecule has 3 aliphatic rings. The van der Waals surface area contributed by atoms with Gasteiger partial charge in [-0.05, 0) is 123 Å². The number of ether oxygens (including phenoxy) is 2. The average Bonchev–Trinajstić information content (AvgIpc) is 3.28. The SMILES string of the molecule is C=C1C(=CC=C2CCCC3(C)C(C(C)CCCC(C)(C)OCOC)=CCC23)CC(O[Si](C)(C)C(C)(C)C)CC1O[Si](C)(C)C(C)(C)C. The summed E-state index contributed by atoms with van der Waals surface area (Å²) in [5.41, 5.74) is 5.95. The fourth-order valence-electron chi connectivity index (χ4n) is 7.66. The lowest BCUT2D eigenvalue weighted by molar-refractivity contribution is -0.117. The van der Waals surface area contributed by atoms with Crippen LogP contribution in [0.2, 0.25) is 36.3 Å². The van der Waals surface area contributed by atoms with Gasteiger partial charge in [0.05, 0.1) is 17.8 Å². The van der Waals surface area contributed by atoms with E-state index in [0.717, 1.165) is 19.3 Å². The summed E-state index contributed by atoms with van der Waals surface area (Å²) in [6.45, 7) is 38.0. The van der Waals surface area contributed by atoms with E-state index in [1.807, 2.05) is 0 Å². The Balaban J connectivity index is 1.82. The van der Waals surface area contributed by atoms with Crippen molar-refractivity contribution in [2.75, 3.05) is 13.9 Å². The van der Waals surface area contributed by atoms with Crippen LogP contribution in [-0.2, 0) is 18.3 Å². The fraction of sp³-hybridized carbons (Fsp3) is 0.805. The van der Waals surface area contributed by atoms with E-state index in [-0.39, 0.29) is 33.3 Å². The van der Waals surface area contributed by atoms with Crippen molar-refractivity contribution in [2.24, 2.45) is 17.3 Å². The van der Waals surface area contributed by atoms with E-state index in [2.05, 4.69) is 114 Å². The van der Waals surface area contributed by atoms with E-state index in [0.29, 0.717) is 18.6 Å². The van der Waals surface area contributed by atoms with Crippen molar-refractivity contribution in [3.05, 3.63) is 47.1 Å². The van der Waals surface area contributed by atoms with Gasteiger partial charge in [-0.2, -0.15) is 0 Å². The molecule has 2 saturated carbocycles. The van der Waals surface area contributed by atoms with Crippen molar-refractivity contribution in [1.82, 2.24) is 0 Å². The molecule has 0 spiro atoms. The first-order valence-electron chi connectivity index (χ1n) is 18.7. The molecule has 2 fully saturated rings. The summed E-state index contributed by atoms with van der Waals surface area (Å²) in [7, 11) is -2.22. The summed E-state index contributed by atoms with van der Waals surface area (Å²) >= 11 is 0. The van der Waals surface area contributed by atoms with Crippen LogP contribution in [-0.4, -0.2) is 48.3 Å². The Kier molecular flexibility index (Phi) is 13.2. The first-order chi connectivity index (χ1) is 21.4. The van der Waals surface area contributed by atoms with E-state index in [4.69, 9.17) is 24.9 Å². The largest absolute Gasteiger partial charge is 0.413 e. The van der Waals surface area contributed by atoms with Crippen LogP contribution in [0.25, 0.3) is 0 Å². The fourth-order valence-corrected chi connectivity index (χ4v) is 10.3. The molecule has 4 nitrogen and oxygen atoms in total. The molecular weight excluding hydrogens is 613 g/mol. The number of allylic oxidation sites excluding steroid dienone is 5. The van der Waals surface area contributed by atoms with Gasteiger partial charge in [-0.15, -0.1) is 0 Å². The molecule has 5 atom stereocenters. The van der Waals surface area contributed by atoms with Crippen LogP contribution in [0.3, 0.4) is 0 Å². The Morgan fingerprint density at radius 1 is 0.979 bits per heavy atom. The predicted octanol–water partition coefficient (Wildman–Crippen LogP) is 12.3. The zero-order chi connectivity index (χ0) is 35.6. The Bertz CT molecular complexity index is 1180. The van der Waals surface area contributed by atoms with Crippen molar-refractivity contribution in [3.8, 4) is 0 Å². The molecule has 0 aromatic carbocycles. The van der Waals surface area contributed by atoms with Gasteiger partial charge in [-0.25, -0.2) is 0 Å². The molecule has 0 aromatic rings. The van der Waals surface area contributed by atoms with Crippen LogP contribution in [0, 0.1) is 17.3 Å². The predicted molar refractivity (Wildman–Crippen MR) is 207 cm³/mol. The smallest absolute Gasteiger partial charge is 0.192 e. The Morgan fingerprint density at radius 3 is 2.19 bits per heavy atom. The second kappa shape index (κ2) is 15.2. The summed E-state index contributed by atoms with van der Waals surface area (Å²) in [5, 5.41) is 0.325. The van der Waals surface area contributed by atoms with Crippen LogP contribution in [0.4, 0.5) is 0 Å². The third kappa shape index (κ3) is 9.94. The minimum atomic E-state index is -1.98. The van der Waals surface area contributed by atoms with E-state index in [1.165, 1.54) is 49.7 Å². The number of rotatable bonds is 13. The second-order valence-corrected chi connectivity index (χ2v) is 28.6. The van der Waals surface area contributed by atoms with Gasteiger partial charge in [-0.1, -0.05) is 97.8 Å². The third-order valence-electron chi connectivity index (χ3n) is 12.9. The summed E-state index contributed by atoms with van der Waals surface area (Å²) in [6.07, 6.45) is 17.9. The maximum atomic E-state index is 7.10. The van der Waals surface area contributed by atoms with Gasteiger partial charge in [-0.3, -0.25) is 0 Å². The normalized spacial score (nSPS) is 29.0. The van der Waals surface area contributed by atoms with Crippen molar-refractivity contribution in [1.29, 1.82) is 0 Å². The lowest BCUT2D eigenvalue weighted by Gasteiger charge is -2.45. The van der Waals surface area contributed by atoms with Gasteiger partial charge in [0.1, 0.15) is 6.79 Å². The van der Waals surface area contributed by atoms with Crippen LogP contribution in [0.1, 0.15) is 127 Å². The van der Waals surface area contributed by atoms with Crippen molar-refractivity contribution >= 4 is 16.6 Å². The van der Waals surface area contributed by atoms with Crippen molar-refractivity contribution < 1.29 is 18.3 Å². The van der Waals surface area contributed by atoms with Crippen LogP contribution in [0.15, 0.2) is 47.1 Å². The molecule has 47 heavy (non-hydrogen) atoms. The number of hydrogen-bond donors (Lipinski definition) is 0. The van der Waals surface area contributed by atoms with Gasteiger partial charge in [0, 0.05) is 13.5 Å². The monoisotopic (exact) mass is 687 g/mol. The maximum Gasteiger partial charge on any atom is 0.192 e. The van der Waals surface area contributed by atoms with Gasteiger partial charge >= 0.3 is 0 Å². The minimum Gasteiger partial charge on any atom is -0.413 e. The molecule has 0 heterocycles. The van der Waals surface area contributed by atoms with Crippen LogP contribution >= 0.6 is 0 Å². The quantitative estimate of drug-likeness (QED) is 0.110. The molecule has 6 heteroatoms. The maximum absolute atomic E-state index is 7.10. The van der Waals surface area contributed by atoms with Crippen LogP contribution in [0.5, 0.6) is 0 Å². The second-order valence-electron chi connectivity index (χ2n) is 19.1. The molecular formula is C41H74O4Si2.